The van der Waals surface area contributed by atoms with Gasteiger partial charge in [-0.1, -0.05) is 13.0 Å². The summed E-state index contributed by atoms with van der Waals surface area (Å²) in [5.74, 6) is 0.758. The number of likely N-dealkylation sites (tertiary alicyclic amines) is 1. The first-order chi connectivity index (χ1) is 9.28. The molecule has 0 saturated carbocycles. The number of pyridine rings is 1. The van der Waals surface area contributed by atoms with E-state index in [2.05, 4.69) is 35.2 Å². The van der Waals surface area contributed by atoms with Crippen LogP contribution in [-0.2, 0) is 6.54 Å². The molecule has 0 unspecified atom stereocenters. The number of nitrogens with zero attached hydrogens (tertiary/aromatic N) is 2. The van der Waals surface area contributed by atoms with Crippen LogP contribution >= 0.6 is 0 Å². The molecule has 0 amide bonds. The van der Waals surface area contributed by atoms with Crippen LogP contribution in [-0.4, -0.2) is 42.7 Å². The maximum Gasteiger partial charge on any atom is 0.213 e. The minimum absolute atomic E-state index is 0.327. The van der Waals surface area contributed by atoms with E-state index in [1.54, 1.807) is 0 Å². The number of nitrogens with one attached hydrogen (secondary N) is 1. The molecule has 4 heteroatoms. The Labute approximate surface area is 116 Å². The van der Waals surface area contributed by atoms with Gasteiger partial charge in [-0.2, -0.15) is 0 Å². The topological polar surface area (TPSA) is 37.4 Å². The largest absolute Gasteiger partial charge is 0.474 e. The van der Waals surface area contributed by atoms with Gasteiger partial charge in [0, 0.05) is 31.9 Å². The zero-order valence-corrected chi connectivity index (χ0v) is 12.1. The van der Waals surface area contributed by atoms with Crippen LogP contribution in [0.25, 0.3) is 0 Å². The molecule has 2 rings (SSSR count). The van der Waals surface area contributed by atoms with Crippen molar-refractivity contribution < 1.29 is 4.74 Å². The maximum absolute atomic E-state index is 5.93. The Bertz CT molecular complexity index is 358. The molecular weight excluding hydrogens is 238 g/mol. The minimum atomic E-state index is 0.327. The second-order valence-corrected chi connectivity index (χ2v) is 5.30. The summed E-state index contributed by atoms with van der Waals surface area (Å²) in [6.45, 7) is 6.33. The first-order valence-corrected chi connectivity index (χ1v) is 7.28. The Morgan fingerprint density at radius 1 is 1.37 bits per heavy atom. The van der Waals surface area contributed by atoms with Crippen LogP contribution in [0.1, 0.15) is 31.7 Å². The van der Waals surface area contributed by atoms with E-state index in [-0.39, 0.29) is 0 Å². The van der Waals surface area contributed by atoms with E-state index in [1.165, 1.54) is 5.56 Å². The van der Waals surface area contributed by atoms with Crippen LogP contribution in [0.15, 0.2) is 18.3 Å². The summed E-state index contributed by atoms with van der Waals surface area (Å²) >= 11 is 0. The predicted octanol–water partition coefficient (Wildman–Crippen LogP) is 2.05. The van der Waals surface area contributed by atoms with E-state index in [4.69, 9.17) is 4.74 Å². The van der Waals surface area contributed by atoms with E-state index in [0.29, 0.717) is 6.10 Å². The van der Waals surface area contributed by atoms with E-state index in [0.717, 1.165) is 51.3 Å². The van der Waals surface area contributed by atoms with Gasteiger partial charge in [0.05, 0.1) is 0 Å². The molecule has 0 radical (unpaired) electrons. The number of hydrogen-bond acceptors (Lipinski definition) is 4. The molecule has 4 nitrogen and oxygen atoms in total. The summed E-state index contributed by atoms with van der Waals surface area (Å²) in [5, 5.41) is 3.37. The van der Waals surface area contributed by atoms with Gasteiger partial charge in [0.25, 0.3) is 0 Å². The normalized spacial score (nSPS) is 17.6. The predicted molar refractivity (Wildman–Crippen MR) is 77.4 cm³/mol. The number of aromatic nitrogens is 1. The molecule has 0 aliphatic carbocycles. The van der Waals surface area contributed by atoms with Gasteiger partial charge in [-0.05, 0) is 38.4 Å². The van der Waals surface area contributed by atoms with Gasteiger partial charge in [0.15, 0.2) is 0 Å². The molecule has 0 bridgehead atoms. The zero-order chi connectivity index (χ0) is 13.5. The van der Waals surface area contributed by atoms with E-state index in [1.807, 2.05) is 12.3 Å². The molecule has 1 N–H and O–H groups in total. The van der Waals surface area contributed by atoms with Gasteiger partial charge in [-0.25, -0.2) is 4.98 Å². The zero-order valence-electron chi connectivity index (χ0n) is 12.1. The number of hydrogen-bond donors (Lipinski definition) is 1. The Kier molecular flexibility index (Phi) is 5.61. The number of ether oxygens (including phenoxy) is 1. The van der Waals surface area contributed by atoms with Crippen molar-refractivity contribution in [2.75, 3.05) is 26.7 Å². The Balaban J connectivity index is 1.78. The lowest BCUT2D eigenvalue weighted by atomic mass is 10.1. The summed E-state index contributed by atoms with van der Waals surface area (Å²) in [6, 6.07) is 4.08. The fraction of sp³-hybridized carbons (Fsp3) is 0.667. The average Bonchev–Trinajstić information content (AvgIpc) is 2.44. The van der Waals surface area contributed by atoms with Gasteiger partial charge in [-0.15, -0.1) is 0 Å². The summed E-state index contributed by atoms with van der Waals surface area (Å²) in [5.41, 5.74) is 1.21. The molecule has 0 spiro atoms. The standard InChI is InChI=1S/C15H25N3O/c1-3-8-16-11-13-4-5-15(17-12-13)19-14-6-9-18(2)10-7-14/h4-5,12,14,16H,3,6-11H2,1-2H3. The van der Waals surface area contributed by atoms with Crippen molar-refractivity contribution in [3.63, 3.8) is 0 Å². The van der Waals surface area contributed by atoms with Gasteiger partial charge in [-0.3, -0.25) is 0 Å². The van der Waals surface area contributed by atoms with Crippen molar-refractivity contribution in [3.05, 3.63) is 23.9 Å². The Morgan fingerprint density at radius 2 is 2.16 bits per heavy atom. The first kappa shape index (κ1) is 14.3. The Morgan fingerprint density at radius 3 is 2.79 bits per heavy atom. The molecular formula is C15H25N3O. The van der Waals surface area contributed by atoms with E-state index in [9.17, 15) is 0 Å². The molecule has 2 heterocycles. The van der Waals surface area contributed by atoms with Crippen LogP contribution in [0.3, 0.4) is 0 Å². The summed E-state index contributed by atoms with van der Waals surface area (Å²) < 4.78 is 5.93. The third-order valence-electron chi connectivity index (χ3n) is 3.51. The van der Waals surface area contributed by atoms with Gasteiger partial charge < -0.3 is 15.0 Å². The SMILES string of the molecule is CCCNCc1ccc(OC2CCN(C)CC2)nc1. The number of piperidine rings is 1. The minimum Gasteiger partial charge on any atom is -0.474 e. The van der Waals surface area contributed by atoms with Gasteiger partial charge in [0.1, 0.15) is 6.10 Å². The second-order valence-electron chi connectivity index (χ2n) is 5.30. The molecule has 1 saturated heterocycles. The highest BCUT2D eigenvalue weighted by Crippen LogP contribution is 2.16. The van der Waals surface area contributed by atoms with Crippen molar-refractivity contribution in [2.24, 2.45) is 0 Å². The molecule has 1 fully saturated rings. The summed E-state index contributed by atoms with van der Waals surface area (Å²) in [4.78, 5) is 6.74. The lowest BCUT2D eigenvalue weighted by Crippen LogP contribution is -2.35. The quantitative estimate of drug-likeness (QED) is 0.797. The van der Waals surface area contributed by atoms with Crippen LogP contribution in [0.2, 0.25) is 0 Å². The summed E-state index contributed by atoms with van der Waals surface area (Å²) in [7, 11) is 2.16. The molecule has 1 aliphatic heterocycles. The third-order valence-corrected chi connectivity index (χ3v) is 3.51. The maximum atomic E-state index is 5.93. The molecule has 106 valence electrons. The molecule has 1 aromatic heterocycles. The smallest absolute Gasteiger partial charge is 0.213 e. The average molecular weight is 263 g/mol. The van der Waals surface area contributed by atoms with Crippen molar-refractivity contribution in [1.82, 2.24) is 15.2 Å². The lowest BCUT2D eigenvalue weighted by Gasteiger charge is -2.28. The third kappa shape index (κ3) is 4.80. The van der Waals surface area contributed by atoms with Crippen molar-refractivity contribution in [2.45, 2.75) is 38.8 Å². The molecule has 1 aliphatic rings. The van der Waals surface area contributed by atoms with Crippen molar-refractivity contribution in [1.29, 1.82) is 0 Å². The van der Waals surface area contributed by atoms with Crippen LogP contribution in [0.5, 0.6) is 5.88 Å². The number of rotatable bonds is 6. The van der Waals surface area contributed by atoms with Gasteiger partial charge in [0.2, 0.25) is 5.88 Å². The highest BCUT2D eigenvalue weighted by molar-refractivity contribution is 5.18. The fourth-order valence-electron chi connectivity index (χ4n) is 2.27. The van der Waals surface area contributed by atoms with Crippen LogP contribution < -0.4 is 10.1 Å². The van der Waals surface area contributed by atoms with E-state index >= 15 is 0 Å². The van der Waals surface area contributed by atoms with E-state index < -0.39 is 0 Å². The van der Waals surface area contributed by atoms with Crippen molar-refractivity contribution in [3.8, 4) is 5.88 Å². The molecule has 19 heavy (non-hydrogen) atoms. The molecule has 0 aromatic carbocycles. The Hall–Kier alpha value is -1.13. The monoisotopic (exact) mass is 263 g/mol. The molecule has 1 aromatic rings. The second kappa shape index (κ2) is 7.46. The van der Waals surface area contributed by atoms with Gasteiger partial charge >= 0.3 is 0 Å². The van der Waals surface area contributed by atoms with Crippen LogP contribution in [0.4, 0.5) is 0 Å². The fourth-order valence-corrected chi connectivity index (χ4v) is 2.27. The van der Waals surface area contributed by atoms with Crippen molar-refractivity contribution >= 4 is 0 Å². The highest BCUT2D eigenvalue weighted by Gasteiger charge is 2.18. The highest BCUT2D eigenvalue weighted by atomic mass is 16.5. The summed E-state index contributed by atoms with van der Waals surface area (Å²) in [6.07, 6.45) is 5.58. The van der Waals surface area contributed by atoms with Crippen LogP contribution in [0, 0.1) is 0 Å². The lowest BCUT2D eigenvalue weighted by molar-refractivity contribution is 0.110. The molecule has 0 atom stereocenters. The first-order valence-electron chi connectivity index (χ1n) is 7.28.